The van der Waals surface area contributed by atoms with Gasteiger partial charge >= 0.3 is 6.18 Å². The van der Waals surface area contributed by atoms with Crippen molar-refractivity contribution < 1.29 is 32.2 Å². The Balaban J connectivity index is 2.28. The lowest BCUT2D eigenvalue weighted by molar-refractivity contribution is -0.136. The van der Waals surface area contributed by atoms with Crippen LogP contribution in [0.25, 0.3) is 0 Å². The molecule has 0 saturated heterocycles. The highest BCUT2D eigenvalue weighted by Gasteiger charge is 2.34. The van der Waals surface area contributed by atoms with Crippen molar-refractivity contribution in [3.05, 3.63) is 46.5 Å². The third kappa shape index (κ3) is 6.64. The standard InChI is InChI=1S/C21H22ClF3N2O4S/c1-4-29-16-9-12(10-17(30-5-2)18(16)31-6-3)19(28)27-20(32)26-15-8-7-13(22)11-14(15)21(23,24)25/h7-11H,4-6H2,1-3H3,(H2,26,27,28,32). The van der Waals surface area contributed by atoms with E-state index in [1.807, 2.05) is 0 Å². The summed E-state index contributed by atoms with van der Waals surface area (Å²) in [5, 5.41) is 4.34. The van der Waals surface area contributed by atoms with Crippen LogP contribution in [0.4, 0.5) is 18.9 Å². The Morgan fingerprint density at radius 1 is 1.00 bits per heavy atom. The largest absolute Gasteiger partial charge is 0.490 e. The second-order valence-corrected chi connectivity index (χ2v) is 7.04. The van der Waals surface area contributed by atoms with Crippen molar-refractivity contribution in [3.63, 3.8) is 0 Å². The van der Waals surface area contributed by atoms with Crippen LogP contribution in [-0.2, 0) is 6.18 Å². The lowest BCUT2D eigenvalue weighted by Crippen LogP contribution is -2.34. The zero-order valence-corrected chi connectivity index (χ0v) is 19.1. The number of hydrogen-bond donors (Lipinski definition) is 2. The van der Waals surface area contributed by atoms with Crippen molar-refractivity contribution in [2.75, 3.05) is 25.1 Å². The molecular formula is C21H22ClF3N2O4S. The highest BCUT2D eigenvalue weighted by atomic mass is 35.5. The van der Waals surface area contributed by atoms with Gasteiger partial charge in [0.2, 0.25) is 5.75 Å². The van der Waals surface area contributed by atoms with Gasteiger partial charge < -0.3 is 19.5 Å². The van der Waals surface area contributed by atoms with E-state index in [9.17, 15) is 18.0 Å². The van der Waals surface area contributed by atoms with Crippen LogP contribution in [0.3, 0.4) is 0 Å². The van der Waals surface area contributed by atoms with Gasteiger partial charge in [0.25, 0.3) is 5.91 Å². The summed E-state index contributed by atoms with van der Waals surface area (Å²) in [5.41, 5.74) is -1.24. The maximum Gasteiger partial charge on any atom is 0.418 e. The van der Waals surface area contributed by atoms with E-state index in [-0.39, 0.29) is 21.4 Å². The minimum Gasteiger partial charge on any atom is -0.490 e. The number of rotatable bonds is 8. The maximum absolute atomic E-state index is 13.3. The van der Waals surface area contributed by atoms with Crippen molar-refractivity contribution in [1.82, 2.24) is 5.32 Å². The van der Waals surface area contributed by atoms with Crippen molar-refractivity contribution in [1.29, 1.82) is 0 Å². The van der Waals surface area contributed by atoms with Crippen LogP contribution in [-0.4, -0.2) is 30.8 Å². The summed E-state index contributed by atoms with van der Waals surface area (Å²) in [6, 6.07) is 6.06. The molecule has 0 aliphatic carbocycles. The van der Waals surface area contributed by atoms with E-state index in [1.165, 1.54) is 18.2 Å². The van der Waals surface area contributed by atoms with Gasteiger partial charge in [0.1, 0.15) is 0 Å². The van der Waals surface area contributed by atoms with Gasteiger partial charge in [-0.05, 0) is 63.3 Å². The number of alkyl halides is 3. The summed E-state index contributed by atoms with van der Waals surface area (Å²) in [7, 11) is 0. The van der Waals surface area contributed by atoms with Gasteiger partial charge in [-0.25, -0.2) is 0 Å². The van der Waals surface area contributed by atoms with Crippen molar-refractivity contribution in [2.24, 2.45) is 0 Å². The van der Waals surface area contributed by atoms with Gasteiger partial charge in [-0.3, -0.25) is 10.1 Å². The van der Waals surface area contributed by atoms with Crippen LogP contribution in [0.1, 0.15) is 36.7 Å². The molecule has 0 saturated carbocycles. The maximum atomic E-state index is 13.3. The molecule has 0 atom stereocenters. The number of halogens is 4. The summed E-state index contributed by atoms with van der Waals surface area (Å²) in [5.74, 6) is 0.266. The molecule has 0 unspecified atom stereocenters. The molecule has 6 nitrogen and oxygen atoms in total. The lowest BCUT2D eigenvalue weighted by atomic mass is 10.1. The summed E-state index contributed by atoms with van der Waals surface area (Å²) < 4.78 is 56.5. The van der Waals surface area contributed by atoms with Crippen molar-refractivity contribution >= 4 is 40.5 Å². The fourth-order valence-electron chi connectivity index (χ4n) is 2.71. The number of amides is 1. The molecule has 0 aromatic heterocycles. The molecule has 2 aromatic carbocycles. The first-order valence-electron chi connectivity index (χ1n) is 9.66. The summed E-state index contributed by atoms with van der Waals surface area (Å²) in [6.07, 6.45) is -4.67. The molecule has 0 fully saturated rings. The summed E-state index contributed by atoms with van der Waals surface area (Å²) >= 11 is 10.7. The number of hydrogen-bond acceptors (Lipinski definition) is 5. The number of benzene rings is 2. The van der Waals surface area contributed by atoms with Crippen molar-refractivity contribution in [3.8, 4) is 17.2 Å². The number of carbonyl (C=O) groups is 1. The first kappa shape index (κ1) is 25.5. The van der Waals surface area contributed by atoms with E-state index in [0.717, 1.165) is 12.1 Å². The average Bonchev–Trinajstić information content (AvgIpc) is 2.71. The van der Waals surface area contributed by atoms with Crippen LogP contribution in [0.2, 0.25) is 5.02 Å². The first-order valence-corrected chi connectivity index (χ1v) is 10.4. The van der Waals surface area contributed by atoms with Gasteiger partial charge in [0.05, 0.1) is 31.1 Å². The lowest BCUT2D eigenvalue weighted by Gasteiger charge is -2.18. The molecule has 0 aliphatic rings. The second-order valence-electron chi connectivity index (χ2n) is 6.20. The molecule has 0 radical (unpaired) electrons. The molecule has 1 amide bonds. The fourth-order valence-corrected chi connectivity index (χ4v) is 3.08. The van der Waals surface area contributed by atoms with Crippen LogP contribution in [0, 0.1) is 0 Å². The van der Waals surface area contributed by atoms with E-state index in [1.54, 1.807) is 20.8 Å². The molecule has 11 heteroatoms. The van der Waals surface area contributed by atoms with Gasteiger partial charge in [-0.1, -0.05) is 11.6 Å². The van der Waals surface area contributed by atoms with Gasteiger partial charge in [-0.15, -0.1) is 0 Å². The number of anilines is 1. The highest BCUT2D eigenvalue weighted by Crippen LogP contribution is 2.39. The molecule has 2 N–H and O–H groups in total. The van der Waals surface area contributed by atoms with E-state index >= 15 is 0 Å². The Kier molecular flexibility index (Phi) is 8.97. The van der Waals surface area contributed by atoms with Crippen molar-refractivity contribution in [2.45, 2.75) is 26.9 Å². The minimum atomic E-state index is -4.67. The van der Waals surface area contributed by atoms with E-state index < -0.39 is 17.6 Å². The molecule has 2 aromatic rings. The zero-order valence-electron chi connectivity index (χ0n) is 17.6. The van der Waals surface area contributed by atoms with Gasteiger partial charge in [0, 0.05) is 10.6 Å². The molecule has 32 heavy (non-hydrogen) atoms. The molecule has 0 bridgehead atoms. The average molecular weight is 491 g/mol. The fraction of sp³-hybridized carbons (Fsp3) is 0.333. The Labute approximate surface area is 194 Å². The monoisotopic (exact) mass is 490 g/mol. The predicted octanol–water partition coefficient (Wildman–Crippen LogP) is 5.68. The van der Waals surface area contributed by atoms with Crippen LogP contribution >= 0.6 is 23.8 Å². The topological polar surface area (TPSA) is 68.8 Å². The van der Waals surface area contributed by atoms with Gasteiger partial charge in [0.15, 0.2) is 16.6 Å². The first-order chi connectivity index (χ1) is 15.1. The molecular weight excluding hydrogens is 469 g/mol. The third-order valence-electron chi connectivity index (χ3n) is 3.93. The smallest absolute Gasteiger partial charge is 0.418 e. The summed E-state index contributed by atoms with van der Waals surface area (Å²) in [6.45, 7) is 6.31. The Hall–Kier alpha value is -2.72. The van der Waals surface area contributed by atoms with Gasteiger partial charge in [-0.2, -0.15) is 13.2 Å². The molecule has 174 valence electrons. The number of nitrogens with one attached hydrogen (secondary N) is 2. The summed E-state index contributed by atoms with van der Waals surface area (Å²) in [4.78, 5) is 12.7. The second kappa shape index (κ2) is 11.2. The highest BCUT2D eigenvalue weighted by molar-refractivity contribution is 7.80. The van der Waals surface area contributed by atoms with E-state index in [0.29, 0.717) is 37.1 Å². The molecule has 0 heterocycles. The van der Waals surface area contributed by atoms with Crippen LogP contribution in [0.5, 0.6) is 17.2 Å². The Morgan fingerprint density at radius 3 is 2.06 bits per heavy atom. The third-order valence-corrected chi connectivity index (χ3v) is 4.37. The zero-order chi connectivity index (χ0) is 23.9. The number of ether oxygens (including phenoxy) is 3. The van der Waals surface area contributed by atoms with Crippen LogP contribution in [0.15, 0.2) is 30.3 Å². The normalized spacial score (nSPS) is 11.0. The minimum absolute atomic E-state index is 0.0841. The SMILES string of the molecule is CCOc1cc(C(=O)NC(=S)Nc2ccc(Cl)cc2C(F)(F)F)cc(OCC)c1OCC. The van der Waals surface area contributed by atoms with E-state index in [4.69, 9.17) is 38.0 Å². The molecule has 0 spiro atoms. The predicted molar refractivity (Wildman–Crippen MR) is 120 cm³/mol. The quantitative estimate of drug-likeness (QED) is 0.464. The number of carbonyl (C=O) groups excluding carboxylic acids is 1. The number of thiocarbonyl (C=S) groups is 1. The molecule has 0 aliphatic heterocycles. The molecule has 2 rings (SSSR count). The van der Waals surface area contributed by atoms with Crippen LogP contribution < -0.4 is 24.8 Å². The Bertz CT molecular complexity index is 959. The Morgan fingerprint density at radius 2 is 1.56 bits per heavy atom. The van der Waals surface area contributed by atoms with E-state index in [2.05, 4.69) is 10.6 Å².